The highest BCUT2D eigenvalue weighted by atomic mass is 32.2. The van der Waals surface area contributed by atoms with Crippen molar-refractivity contribution in [1.29, 1.82) is 0 Å². The molecule has 0 bridgehead atoms. The predicted molar refractivity (Wildman–Crippen MR) is 73.3 cm³/mol. The van der Waals surface area contributed by atoms with E-state index in [1.54, 1.807) is 11.8 Å². The summed E-state index contributed by atoms with van der Waals surface area (Å²) in [4.78, 5) is 11.6. The van der Waals surface area contributed by atoms with Gasteiger partial charge in [-0.15, -0.1) is 0 Å². The molecule has 1 atom stereocenters. The maximum Gasteiger partial charge on any atom is 0.225 e. The first-order chi connectivity index (χ1) is 8.22. The number of carbonyl (C=O) groups excluding carboxylic acids is 1. The van der Waals surface area contributed by atoms with E-state index in [2.05, 4.69) is 12.2 Å². The third kappa shape index (κ3) is 6.34. The van der Waals surface area contributed by atoms with Gasteiger partial charge in [0.1, 0.15) is 0 Å². The van der Waals surface area contributed by atoms with Crippen molar-refractivity contribution < 1.29 is 9.90 Å². The standard InChI is InChI=1S/C13H19NO2S/c1-11(7-9-15)17-10-8-13(16)14-12-5-3-2-4-6-12/h2-6,11,15H,7-10H2,1H3,(H,14,16). The summed E-state index contributed by atoms with van der Waals surface area (Å²) in [6.45, 7) is 2.28. The molecule has 0 aromatic heterocycles. The Labute approximate surface area is 107 Å². The van der Waals surface area contributed by atoms with E-state index >= 15 is 0 Å². The van der Waals surface area contributed by atoms with E-state index in [0.29, 0.717) is 11.7 Å². The lowest BCUT2D eigenvalue weighted by atomic mass is 10.3. The fourth-order valence-corrected chi connectivity index (χ4v) is 2.34. The number of aliphatic hydroxyl groups excluding tert-OH is 1. The number of aliphatic hydroxyl groups is 1. The fraction of sp³-hybridized carbons (Fsp3) is 0.462. The quantitative estimate of drug-likeness (QED) is 0.785. The maximum absolute atomic E-state index is 11.6. The Balaban J connectivity index is 2.18. The van der Waals surface area contributed by atoms with E-state index < -0.39 is 0 Å². The molecule has 2 N–H and O–H groups in total. The van der Waals surface area contributed by atoms with Gasteiger partial charge in [0.25, 0.3) is 0 Å². The zero-order valence-electron chi connectivity index (χ0n) is 10.1. The van der Waals surface area contributed by atoms with Crippen molar-refractivity contribution in [2.75, 3.05) is 17.7 Å². The minimum atomic E-state index is 0.0416. The van der Waals surface area contributed by atoms with Crippen molar-refractivity contribution in [2.24, 2.45) is 0 Å². The number of hydrogen-bond acceptors (Lipinski definition) is 3. The van der Waals surface area contributed by atoms with E-state index in [1.165, 1.54) is 0 Å². The van der Waals surface area contributed by atoms with Crippen LogP contribution < -0.4 is 5.32 Å². The highest BCUT2D eigenvalue weighted by Crippen LogP contribution is 2.15. The summed E-state index contributed by atoms with van der Waals surface area (Å²) in [7, 11) is 0. The molecule has 0 heterocycles. The molecule has 0 fully saturated rings. The number of anilines is 1. The minimum absolute atomic E-state index is 0.0416. The summed E-state index contributed by atoms with van der Waals surface area (Å²) in [5.74, 6) is 0.833. The normalized spacial score (nSPS) is 12.1. The van der Waals surface area contributed by atoms with Crippen LogP contribution in [0.1, 0.15) is 19.8 Å². The SMILES string of the molecule is CC(CCO)SCCC(=O)Nc1ccccc1. The summed E-state index contributed by atoms with van der Waals surface area (Å²) < 4.78 is 0. The van der Waals surface area contributed by atoms with Crippen molar-refractivity contribution in [1.82, 2.24) is 0 Å². The highest BCUT2D eigenvalue weighted by Gasteiger charge is 2.05. The number of carbonyl (C=O) groups is 1. The predicted octanol–water partition coefficient (Wildman–Crippen LogP) is 2.52. The molecule has 0 aliphatic rings. The summed E-state index contributed by atoms with van der Waals surface area (Å²) in [5, 5.41) is 12.0. The van der Waals surface area contributed by atoms with Crippen LogP contribution in [-0.2, 0) is 4.79 Å². The Morgan fingerprint density at radius 1 is 1.41 bits per heavy atom. The molecule has 0 spiro atoms. The van der Waals surface area contributed by atoms with Crippen LogP contribution in [0.3, 0.4) is 0 Å². The maximum atomic E-state index is 11.6. The number of nitrogens with one attached hydrogen (secondary N) is 1. The zero-order chi connectivity index (χ0) is 12.5. The summed E-state index contributed by atoms with van der Waals surface area (Å²) in [6, 6.07) is 9.46. The van der Waals surface area contributed by atoms with Gasteiger partial charge in [0, 0.05) is 29.7 Å². The van der Waals surface area contributed by atoms with Crippen LogP contribution in [0.15, 0.2) is 30.3 Å². The lowest BCUT2D eigenvalue weighted by Gasteiger charge is -2.09. The smallest absolute Gasteiger partial charge is 0.225 e. The van der Waals surface area contributed by atoms with Gasteiger partial charge in [-0.05, 0) is 18.6 Å². The van der Waals surface area contributed by atoms with E-state index in [9.17, 15) is 4.79 Å². The zero-order valence-corrected chi connectivity index (χ0v) is 10.9. The van der Waals surface area contributed by atoms with Gasteiger partial charge in [-0.2, -0.15) is 11.8 Å². The first-order valence-corrected chi connectivity index (χ1v) is 6.84. The molecule has 4 heteroatoms. The Morgan fingerprint density at radius 3 is 2.76 bits per heavy atom. The molecule has 94 valence electrons. The van der Waals surface area contributed by atoms with E-state index in [4.69, 9.17) is 5.11 Å². The molecule has 3 nitrogen and oxygen atoms in total. The average molecular weight is 253 g/mol. The number of amides is 1. The molecule has 0 aliphatic carbocycles. The van der Waals surface area contributed by atoms with Crippen LogP contribution in [-0.4, -0.2) is 28.6 Å². The summed E-state index contributed by atoms with van der Waals surface area (Å²) >= 11 is 1.72. The van der Waals surface area contributed by atoms with Crippen LogP contribution in [0.4, 0.5) is 5.69 Å². The van der Waals surface area contributed by atoms with Gasteiger partial charge in [-0.25, -0.2) is 0 Å². The molecule has 0 radical (unpaired) electrons. The monoisotopic (exact) mass is 253 g/mol. The second kappa shape index (κ2) is 8.14. The van der Waals surface area contributed by atoms with Crippen molar-refractivity contribution in [3.63, 3.8) is 0 Å². The summed E-state index contributed by atoms with van der Waals surface area (Å²) in [5.41, 5.74) is 0.839. The molecule has 1 aromatic rings. The number of benzene rings is 1. The van der Waals surface area contributed by atoms with Crippen LogP contribution >= 0.6 is 11.8 Å². The Morgan fingerprint density at radius 2 is 2.12 bits per heavy atom. The van der Waals surface area contributed by atoms with E-state index in [-0.39, 0.29) is 12.5 Å². The van der Waals surface area contributed by atoms with Crippen molar-refractivity contribution in [2.45, 2.75) is 25.0 Å². The van der Waals surface area contributed by atoms with Gasteiger partial charge in [0.05, 0.1) is 0 Å². The van der Waals surface area contributed by atoms with Crippen LogP contribution in [0.2, 0.25) is 0 Å². The molecular formula is C13H19NO2S. The van der Waals surface area contributed by atoms with Crippen molar-refractivity contribution >= 4 is 23.4 Å². The first-order valence-electron chi connectivity index (χ1n) is 5.79. The Bertz CT molecular complexity index is 329. The van der Waals surface area contributed by atoms with Gasteiger partial charge >= 0.3 is 0 Å². The van der Waals surface area contributed by atoms with E-state index in [1.807, 2.05) is 30.3 Å². The van der Waals surface area contributed by atoms with Gasteiger partial charge in [-0.3, -0.25) is 4.79 Å². The van der Waals surface area contributed by atoms with Gasteiger partial charge in [0.15, 0.2) is 0 Å². The van der Waals surface area contributed by atoms with Gasteiger partial charge in [-0.1, -0.05) is 25.1 Å². The van der Waals surface area contributed by atoms with Crippen LogP contribution in [0.25, 0.3) is 0 Å². The van der Waals surface area contributed by atoms with E-state index in [0.717, 1.165) is 17.9 Å². The number of thioether (sulfide) groups is 1. The molecule has 1 amide bonds. The number of hydrogen-bond donors (Lipinski definition) is 2. The largest absolute Gasteiger partial charge is 0.396 e. The van der Waals surface area contributed by atoms with Crippen molar-refractivity contribution in [3.8, 4) is 0 Å². The Kier molecular flexibility index (Phi) is 6.74. The van der Waals surface area contributed by atoms with Crippen LogP contribution in [0, 0.1) is 0 Å². The lowest BCUT2D eigenvalue weighted by molar-refractivity contribution is -0.115. The second-order valence-electron chi connectivity index (χ2n) is 3.86. The van der Waals surface area contributed by atoms with Gasteiger partial charge in [0.2, 0.25) is 5.91 Å². The van der Waals surface area contributed by atoms with Crippen LogP contribution in [0.5, 0.6) is 0 Å². The minimum Gasteiger partial charge on any atom is -0.396 e. The molecular weight excluding hydrogens is 234 g/mol. The molecule has 1 unspecified atom stereocenters. The summed E-state index contributed by atoms with van der Waals surface area (Å²) in [6.07, 6.45) is 1.29. The van der Waals surface area contributed by atoms with Crippen molar-refractivity contribution in [3.05, 3.63) is 30.3 Å². The third-order valence-corrected chi connectivity index (χ3v) is 3.57. The third-order valence-electron chi connectivity index (χ3n) is 2.32. The molecule has 17 heavy (non-hydrogen) atoms. The average Bonchev–Trinajstić information content (AvgIpc) is 2.30. The second-order valence-corrected chi connectivity index (χ2v) is 5.40. The number of rotatable bonds is 7. The molecule has 1 rings (SSSR count). The molecule has 0 aliphatic heterocycles. The number of para-hydroxylation sites is 1. The highest BCUT2D eigenvalue weighted by molar-refractivity contribution is 7.99. The molecule has 0 saturated heterocycles. The molecule has 0 saturated carbocycles. The Hall–Kier alpha value is -1.00. The topological polar surface area (TPSA) is 49.3 Å². The lowest BCUT2D eigenvalue weighted by Crippen LogP contribution is -2.13. The first kappa shape index (κ1) is 14.1. The van der Waals surface area contributed by atoms with Gasteiger partial charge < -0.3 is 10.4 Å². The molecule has 1 aromatic carbocycles. The fourth-order valence-electron chi connectivity index (χ4n) is 1.36.